The average molecular weight is 297 g/mol. The van der Waals surface area contributed by atoms with E-state index in [4.69, 9.17) is 4.74 Å². The van der Waals surface area contributed by atoms with Crippen LogP contribution in [-0.4, -0.2) is 24.4 Å². The zero-order valence-corrected chi connectivity index (χ0v) is 12.9. The molecule has 4 nitrogen and oxygen atoms in total. The molecular weight excluding hydrogens is 278 g/mol. The van der Waals surface area contributed by atoms with Gasteiger partial charge in [-0.2, -0.15) is 0 Å². The van der Waals surface area contributed by atoms with E-state index < -0.39 is 11.6 Å². The van der Waals surface area contributed by atoms with Crippen LogP contribution in [-0.2, 0) is 5.41 Å². The molecule has 0 saturated carbocycles. The summed E-state index contributed by atoms with van der Waals surface area (Å²) in [5, 5.41) is 10.7. The highest BCUT2D eigenvalue weighted by atomic mass is 16.5. The number of carbonyl (C=O) groups is 1. The third-order valence-corrected chi connectivity index (χ3v) is 4.28. The highest BCUT2D eigenvalue weighted by Crippen LogP contribution is 2.44. The number of nitrogens with zero attached hydrogens (tertiary/aromatic N) is 1. The highest BCUT2D eigenvalue weighted by molar-refractivity contribution is 6.08. The minimum atomic E-state index is -0.899. The molecule has 4 heteroatoms. The minimum absolute atomic E-state index is 0.232. The highest BCUT2D eigenvalue weighted by Gasteiger charge is 2.46. The fraction of sp³-hybridized carbons (Fsp3) is 0.278. The molecule has 22 heavy (non-hydrogen) atoms. The Kier molecular flexibility index (Phi) is 3.41. The van der Waals surface area contributed by atoms with Crippen LogP contribution in [0.4, 0.5) is 5.69 Å². The largest absolute Gasteiger partial charge is 0.497 e. The SMILES string of the molecule is COc1cccc(C(=O)N2c3ccccc3C(C)(C)[C@H]2O)c1. The smallest absolute Gasteiger partial charge is 0.260 e. The van der Waals surface area contributed by atoms with Crippen molar-refractivity contribution in [2.24, 2.45) is 0 Å². The zero-order valence-electron chi connectivity index (χ0n) is 12.9. The Morgan fingerprint density at radius 3 is 2.64 bits per heavy atom. The molecule has 0 saturated heterocycles. The number of ether oxygens (including phenoxy) is 1. The number of para-hydroxylation sites is 1. The molecule has 0 aromatic heterocycles. The monoisotopic (exact) mass is 297 g/mol. The van der Waals surface area contributed by atoms with E-state index in [-0.39, 0.29) is 5.91 Å². The first-order valence-corrected chi connectivity index (χ1v) is 7.22. The number of carbonyl (C=O) groups excluding carboxylic acids is 1. The molecule has 2 aromatic rings. The molecule has 0 spiro atoms. The molecule has 0 aliphatic carbocycles. The number of fused-ring (bicyclic) bond motifs is 1. The topological polar surface area (TPSA) is 49.8 Å². The predicted molar refractivity (Wildman–Crippen MR) is 85.3 cm³/mol. The molecular formula is C18H19NO3. The van der Waals surface area contributed by atoms with Gasteiger partial charge in [-0.3, -0.25) is 9.69 Å². The Labute approximate surface area is 130 Å². The van der Waals surface area contributed by atoms with Gasteiger partial charge in [-0.1, -0.05) is 38.1 Å². The van der Waals surface area contributed by atoms with Crippen LogP contribution in [0.15, 0.2) is 48.5 Å². The van der Waals surface area contributed by atoms with Gasteiger partial charge >= 0.3 is 0 Å². The Hall–Kier alpha value is -2.33. The van der Waals surface area contributed by atoms with Gasteiger partial charge in [-0.15, -0.1) is 0 Å². The van der Waals surface area contributed by atoms with Gasteiger partial charge in [0.05, 0.1) is 12.8 Å². The van der Waals surface area contributed by atoms with Crippen molar-refractivity contribution in [2.75, 3.05) is 12.0 Å². The third-order valence-electron chi connectivity index (χ3n) is 4.28. The van der Waals surface area contributed by atoms with Gasteiger partial charge in [0.25, 0.3) is 5.91 Å². The van der Waals surface area contributed by atoms with Crippen LogP contribution in [0.25, 0.3) is 0 Å². The van der Waals surface area contributed by atoms with Gasteiger partial charge in [-0.25, -0.2) is 0 Å². The number of aliphatic hydroxyl groups excluding tert-OH is 1. The molecule has 0 bridgehead atoms. The summed E-state index contributed by atoms with van der Waals surface area (Å²) in [7, 11) is 1.56. The lowest BCUT2D eigenvalue weighted by Gasteiger charge is -2.28. The van der Waals surface area contributed by atoms with E-state index in [2.05, 4.69) is 0 Å². The molecule has 1 aliphatic heterocycles. The molecule has 114 valence electrons. The van der Waals surface area contributed by atoms with Crippen LogP contribution >= 0.6 is 0 Å². The summed E-state index contributed by atoms with van der Waals surface area (Å²) in [4.78, 5) is 14.3. The van der Waals surface area contributed by atoms with Gasteiger partial charge in [0.15, 0.2) is 0 Å². The Bertz CT molecular complexity index is 724. The van der Waals surface area contributed by atoms with Crippen LogP contribution in [0, 0.1) is 0 Å². The van der Waals surface area contributed by atoms with Crippen molar-refractivity contribution in [3.8, 4) is 5.75 Å². The van der Waals surface area contributed by atoms with Crippen LogP contribution in [0.2, 0.25) is 0 Å². The molecule has 1 N–H and O–H groups in total. The van der Waals surface area contributed by atoms with Gasteiger partial charge in [0, 0.05) is 11.0 Å². The Balaban J connectivity index is 2.06. The summed E-state index contributed by atoms with van der Waals surface area (Å²) in [5.74, 6) is 0.386. The van der Waals surface area contributed by atoms with Crippen molar-refractivity contribution < 1.29 is 14.6 Å². The maximum Gasteiger partial charge on any atom is 0.260 e. The molecule has 1 atom stereocenters. The summed E-state index contributed by atoms with van der Waals surface area (Å²) < 4.78 is 5.17. The van der Waals surface area contributed by atoms with E-state index in [1.165, 1.54) is 4.90 Å². The normalized spacial score (nSPS) is 18.9. The summed E-state index contributed by atoms with van der Waals surface area (Å²) in [6, 6.07) is 14.6. The van der Waals surface area contributed by atoms with Crippen molar-refractivity contribution in [3.63, 3.8) is 0 Å². The second kappa shape index (κ2) is 5.14. The van der Waals surface area contributed by atoms with Crippen molar-refractivity contribution in [1.29, 1.82) is 0 Å². The second-order valence-electron chi connectivity index (χ2n) is 6.02. The second-order valence-corrected chi connectivity index (χ2v) is 6.02. The maximum atomic E-state index is 12.9. The number of benzene rings is 2. The fourth-order valence-electron chi connectivity index (χ4n) is 2.94. The van der Waals surface area contributed by atoms with E-state index >= 15 is 0 Å². The van der Waals surface area contributed by atoms with Gasteiger partial charge in [0.1, 0.15) is 12.0 Å². The van der Waals surface area contributed by atoms with E-state index in [1.807, 2.05) is 38.1 Å². The lowest BCUT2D eigenvalue weighted by atomic mass is 9.85. The predicted octanol–water partition coefficient (Wildman–Crippen LogP) is 2.95. The molecule has 0 radical (unpaired) electrons. The molecule has 1 amide bonds. The summed E-state index contributed by atoms with van der Waals surface area (Å²) in [6.45, 7) is 3.88. The minimum Gasteiger partial charge on any atom is -0.497 e. The van der Waals surface area contributed by atoms with Gasteiger partial charge in [-0.05, 0) is 29.8 Å². The summed E-state index contributed by atoms with van der Waals surface area (Å²) >= 11 is 0. The van der Waals surface area contributed by atoms with Crippen LogP contribution in [0.1, 0.15) is 29.8 Å². The average Bonchev–Trinajstić information content (AvgIpc) is 2.74. The quantitative estimate of drug-likeness (QED) is 0.927. The zero-order chi connectivity index (χ0) is 15.9. The number of hydrogen-bond acceptors (Lipinski definition) is 3. The van der Waals surface area contributed by atoms with E-state index in [1.54, 1.807) is 31.4 Å². The first-order valence-electron chi connectivity index (χ1n) is 7.22. The summed E-state index contributed by atoms with van der Waals surface area (Å²) in [6.07, 6.45) is -0.899. The standard InChI is InChI=1S/C18H19NO3/c1-18(2)14-9-4-5-10-15(14)19(17(18)21)16(20)12-7-6-8-13(11-12)22-3/h4-11,17,21H,1-3H3/t17-/m1/s1. The van der Waals surface area contributed by atoms with Crippen molar-refractivity contribution >= 4 is 11.6 Å². The fourth-order valence-corrected chi connectivity index (χ4v) is 2.94. The van der Waals surface area contributed by atoms with E-state index in [0.29, 0.717) is 11.3 Å². The number of methoxy groups -OCH3 is 1. The number of rotatable bonds is 2. The van der Waals surface area contributed by atoms with Crippen molar-refractivity contribution in [2.45, 2.75) is 25.5 Å². The van der Waals surface area contributed by atoms with Crippen molar-refractivity contribution in [1.82, 2.24) is 0 Å². The summed E-state index contributed by atoms with van der Waals surface area (Å²) in [5.41, 5.74) is 1.71. The first kappa shape index (κ1) is 14.6. The molecule has 3 rings (SSSR count). The lowest BCUT2D eigenvalue weighted by Crippen LogP contribution is -2.44. The Morgan fingerprint density at radius 1 is 1.18 bits per heavy atom. The molecule has 0 fully saturated rings. The third kappa shape index (κ3) is 2.07. The van der Waals surface area contributed by atoms with Crippen LogP contribution < -0.4 is 9.64 Å². The maximum absolute atomic E-state index is 12.9. The molecule has 2 aromatic carbocycles. The van der Waals surface area contributed by atoms with E-state index in [0.717, 1.165) is 11.3 Å². The van der Waals surface area contributed by atoms with E-state index in [9.17, 15) is 9.90 Å². The van der Waals surface area contributed by atoms with Crippen LogP contribution in [0.3, 0.4) is 0 Å². The number of aliphatic hydroxyl groups is 1. The molecule has 0 unspecified atom stereocenters. The lowest BCUT2D eigenvalue weighted by molar-refractivity contribution is 0.0780. The first-order chi connectivity index (χ1) is 10.5. The molecule has 1 heterocycles. The van der Waals surface area contributed by atoms with Gasteiger partial charge in [0.2, 0.25) is 0 Å². The number of anilines is 1. The van der Waals surface area contributed by atoms with Gasteiger partial charge < -0.3 is 9.84 Å². The molecule has 1 aliphatic rings. The number of amides is 1. The van der Waals surface area contributed by atoms with Crippen LogP contribution in [0.5, 0.6) is 5.75 Å². The van der Waals surface area contributed by atoms with Crippen molar-refractivity contribution in [3.05, 3.63) is 59.7 Å². The number of hydrogen-bond donors (Lipinski definition) is 1. The Morgan fingerprint density at radius 2 is 1.91 bits per heavy atom.